The molecule has 0 aromatic heterocycles. The molecule has 0 bridgehead atoms. The first-order chi connectivity index (χ1) is 11.0. The molecule has 0 heterocycles. The molecule has 0 atom stereocenters. The summed E-state index contributed by atoms with van der Waals surface area (Å²) in [5, 5.41) is 0.162. The summed E-state index contributed by atoms with van der Waals surface area (Å²) in [7, 11) is -1.84. The van der Waals surface area contributed by atoms with Crippen LogP contribution < -0.4 is 4.43 Å². The van der Waals surface area contributed by atoms with Crippen LogP contribution in [0, 0.1) is 5.82 Å². The number of hydrogen-bond acceptors (Lipinski definition) is 1. The average molecular weight is 407 g/mol. The van der Waals surface area contributed by atoms with E-state index < -0.39 is 8.32 Å². The number of rotatable bonds is 4. The minimum atomic E-state index is -1.84. The van der Waals surface area contributed by atoms with Crippen molar-refractivity contribution >= 4 is 29.8 Å². The van der Waals surface area contributed by atoms with Crippen LogP contribution in [0.2, 0.25) is 18.1 Å². The Hall–Kier alpha value is -1.39. The van der Waals surface area contributed by atoms with E-state index in [4.69, 9.17) is 4.43 Å². The lowest BCUT2D eigenvalue weighted by Gasteiger charge is -2.36. The normalized spacial score (nSPS) is 12.1. The largest absolute Gasteiger partial charge is 0.544 e. The van der Waals surface area contributed by atoms with Crippen molar-refractivity contribution in [2.24, 2.45) is 0 Å². The molecule has 0 N–H and O–H groups in total. The number of hydrogen-bond donors (Lipinski definition) is 0. The van der Waals surface area contributed by atoms with E-state index in [1.54, 1.807) is 12.1 Å². The minimum absolute atomic E-state index is 0.162. The molecule has 4 heteroatoms. The Kier molecular flexibility index (Phi) is 5.40. The van der Waals surface area contributed by atoms with E-state index in [0.717, 1.165) is 22.4 Å². The van der Waals surface area contributed by atoms with Crippen molar-refractivity contribution in [3.8, 4) is 5.75 Å². The quantitative estimate of drug-likeness (QED) is 0.494. The molecule has 24 heavy (non-hydrogen) atoms. The fourth-order valence-electron chi connectivity index (χ4n) is 2.02. The summed E-state index contributed by atoms with van der Waals surface area (Å²) in [5.74, 6) is 0.614. The smallest absolute Gasteiger partial charge is 0.250 e. The highest BCUT2D eigenvalue weighted by Gasteiger charge is 2.38. The van der Waals surface area contributed by atoms with Gasteiger partial charge < -0.3 is 4.43 Å². The lowest BCUT2D eigenvalue weighted by atomic mass is 10.00. The van der Waals surface area contributed by atoms with Gasteiger partial charge in [0.15, 0.2) is 0 Å². The van der Waals surface area contributed by atoms with Crippen LogP contribution in [0.3, 0.4) is 0 Å². The van der Waals surface area contributed by atoms with Crippen LogP contribution in [-0.4, -0.2) is 8.32 Å². The third-order valence-electron chi connectivity index (χ3n) is 4.65. The van der Waals surface area contributed by atoms with Gasteiger partial charge in [-0.25, -0.2) is 4.39 Å². The van der Waals surface area contributed by atoms with Gasteiger partial charge in [0.2, 0.25) is 8.32 Å². The Balaban J connectivity index is 2.20. The highest BCUT2D eigenvalue weighted by atomic mass is 79.9. The van der Waals surface area contributed by atoms with Gasteiger partial charge in [-0.15, -0.1) is 0 Å². The van der Waals surface area contributed by atoms with Crippen molar-refractivity contribution in [2.75, 3.05) is 0 Å². The monoisotopic (exact) mass is 406 g/mol. The Morgan fingerprint density at radius 3 is 2.08 bits per heavy atom. The first-order valence-electron chi connectivity index (χ1n) is 7.95. The van der Waals surface area contributed by atoms with Gasteiger partial charge in [-0.3, -0.25) is 0 Å². The third kappa shape index (κ3) is 4.17. The highest BCUT2D eigenvalue weighted by molar-refractivity contribution is 9.10. The average Bonchev–Trinajstić information content (AvgIpc) is 2.48. The SMILES string of the molecule is C=C(c1ccc(O[Si](C)(C)C(C)(C)C)cc1)c1ccc(F)c(Br)c1. The molecule has 1 nitrogen and oxygen atoms in total. The van der Waals surface area contributed by atoms with Crippen LogP contribution in [-0.2, 0) is 0 Å². The van der Waals surface area contributed by atoms with Gasteiger partial charge in [0.1, 0.15) is 11.6 Å². The zero-order valence-electron chi connectivity index (χ0n) is 14.9. The van der Waals surface area contributed by atoms with E-state index in [1.165, 1.54) is 6.07 Å². The van der Waals surface area contributed by atoms with Crippen molar-refractivity contribution in [3.63, 3.8) is 0 Å². The zero-order valence-corrected chi connectivity index (χ0v) is 17.5. The van der Waals surface area contributed by atoms with Gasteiger partial charge >= 0.3 is 0 Å². The van der Waals surface area contributed by atoms with Gasteiger partial charge in [0.05, 0.1) is 4.47 Å². The Labute approximate surface area is 153 Å². The van der Waals surface area contributed by atoms with Crippen molar-refractivity contribution in [1.29, 1.82) is 0 Å². The standard InChI is InChI=1S/C20H24BrFOSi/c1-14(16-9-12-19(22)18(21)13-16)15-7-10-17(11-8-15)23-24(5,6)20(2,3)4/h7-13H,1H2,2-6H3. The van der Waals surface area contributed by atoms with Gasteiger partial charge in [-0.1, -0.05) is 45.5 Å². The van der Waals surface area contributed by atoms with Crippen molar-refractivity contribution in [1.82, 2.24) is 0 Å². The molecule has 0 saturated carbocycles. The van der Waals surface area contributed by atoms with Gasteiger partial charge in [-0.2, -0.15) is 0 Å². The third-order valence-corrected chi connectivity index (χ3v) is 9.62. The van der Waals surface area contributed by atoms with Crippen LogP contribution in [0.1, 0.15) is 31.9 Å². The van der Waals surface area contributed by atoms with Crippen molar-refractivity contribution < 1.29 is 8.82 Å². The summed E-state index contributed by atoms with van der Waals surface area (Å²) in [6.07, 6.45) is 0. The molecule has 0 spiro atoms. The second-order valence-corrected chi connectivity index (χ2v) is 13.1. The molecular formula is C20H24BrFOSi. The predicted octanol–water partition coefficient (Wildman–Crippen LogP) is 7.03. The van der Waals surface area contributed by atoms with Crippen LogP contribution in [0.15, 0.2) is 53.5 Å². The number of benzene rings is 2. The van der Waals surface area contributed by atoms with Gasteiger partial charge in [-0.05, 0) is 75.0 Å². The van der Waals surface area contributed by atoms with Crippen molar-refractivity contribution in [2.45, 2.75) is 38.9 Å². The zero-order chi connectivity index (χ0) is 18.1. The van der Waals surface area contributed by atoms with Crippen LogP contribution in [0.4, 0.5) is 4.39 Å². The summed E-state index contributed by atoms with van der Waals surface area (Å²) in [6, 6.07) is 12.9. The second kappa shape index (κ2) is 6.85. The molecular weight excluding hydrogens is 383 g/mol. The summed E-state index contributed by atoms with van der Waals surface area (Å²) in [6.45, 7) is 15.3. The molecule has 0 aliphatic carbocycles. The van der Waals surface area contributed by atoms with Gasteiger partial charge in [0.25, 0.3) is 0 Å². The molecule has 2 rings (SSSR count). The molecule has 0 saturated heterocycles. The maximum atomic E-state index is 13.4. The first-order valence-corrected chi connectivity index (χ1v) is 11.7. The summed E-state index contributed by atoms with van der Waals surface area (Å²) < 4.78 is 20.1. The minimum Gasteiger partial charge on any atom is -0.544 e. The molecule has 0 unspecified atom stereocenters. The molecule has 0 aliphatic heterocycles. The summed E-state index contributed by atoms with van der Waals surface area (Å²) in [4.78, 5) is 0. The van der Waals surface area contributed by atoms with Crippen LogP contribution in [0.25, 0.3) is 5.57 Å². The molecule has 0 aliphatic rings. The van der Waals surface area contributed by atoms with E-state index in [2.05, 4.69) is 56.4 Å². The maximum absolute atomic E-state index is 13.4. The summed E-state index contributed by atoms with van der Waals surface area (Å²) in [5.41, 5.74) is 2.74. The van der Waals surface area contributed by atoms with E-state index in [-0.39, 0.29) is 10.9 Å². The lowest BCUT2D eigenvalue weighted by Crippen LogP contribution is -2.43. The molecule has 2 aromatic carbocycles. The van der Waals surface area contributed by atoms with Gasteiger partial charge in [0, 0.05) is 0 Å². The lowest BCUT2D eigenvalue weighted by molar-refractivity contribution is 0.492. The summed E-state index contributed by atoms with van der Waals surface area (Å²) >= 11 is 3.22. The Bertz CT molecular complexity index is 745. The molecule has 2 aromatic rings. The number of halogens is 2. The van der Waals surface area contributed by atoms with E-state index in [0.29, 0.717) is 4.47 Å². The fraction of sp³-hybridized carbons (Fsp3) is 0.300. The van der Waals surface area contributed by atoms with E-state index >= 15 is 0 Å². The Morgan fingerprint density at radius 1 is 1.04 bits per heavy atom. The first kappa shape index (κ1) is 18.9. The predicted molar refractivity (Wildman–Crippen MR) is 107 cm³/mol. The molecule has 0 radical (unpaired) electrons. The van der Waals surface area contributed by atoms with E-state index in [1.807, 2.05) is 24.3 Å². The van der Waals surface area contributed by atoms with E-state index in [9.17, 15) is 4.39 Å². The second-order valence-electron chi connectivity index (χ2n) is 7.49. The molecule has 0 amide bonds. The molecule has 0 fully saturated rings. The maximum Gasteiger partial charge on any atom is 0.250 e. The fourth-order valence-corrected chi connectivity index (χ4v) is 3.43. The van der Waals surface area contributed by atoms with Crippen LogP contribution >= 0.6 is 15.9 Å². The van der Waals surface area contributed by atoms with Crippen LogP contribution in [0.5, 0.6) is 5.75 Å². The topological polar surface area (TPSA) is 9.23 Å². The van der Waals surface area contributed by atoms with Crippen molar-refractivity contribution in [3.05, 3.63) is 70.5 Å². The highest BCUT2D eigenvalue weighted by Crippen LogP contribution is 2.37. The molecule has 128 valence electrons. The Morgan fingerprint density at radius 2 is 1.58 bits per heavy atom.